The standard InChI is InChI=1S/C19H13Cl2N3S/c1-12-2-4-13(5-3-12)18-11-25-19(24-18)14(9-22)10-23-17-8-15(20)6-7-16(17)21/h2-8,10-11,23H,1H3/b14-10-. The van der Waals surface area contributed by atoms with Crippen molar-refractivity contribution in [2.45, 2.75) is 6.92 Å². The highest BCUT2D eigenvalue weighted by Gasteiger charge is 2.09. The smallest absolute Gasteiger partial charge is 0.136 e. The third-order valence-electron chi connectivity index (χ3n) is 3.50. The van der Waals surface area contributed by atoms with Gasteiger partial charge in [0.1, 0.15) is 16.6 Å². The molecule has 25 heavy (non-hydrogen) atoms. The van der Waals surface area contributed by atoms with E-state index in [-0.39, 0.29) is 0 Å². The second-order valence-electron chi connectivity index (χ2n) is 5.34. The van der Waals surface area contributed by atoms with Crippen molar-refractivity contribution < 1.29 is 0 Å². The van der Waals surface area contributed by atoms with Crippen LogP contribution in [0.3, 0.4) is 0 Å². The summed E-state index contributed by atoms with van der Waals surface area (Å²) in [5.41, 5.74) is 4.13. The summed E-state index contributed by atoms with van der Waals surface area (Å²) in [7, 11) is 0. The minimum absolute atomic E-state index is 0.430. The predicted molar refractivity (Wildman–Crippen MR) is 106 cm³/mol. The van der Waals surface area contributed by atoms with Gasteiger partial charge in [-0.3, -0.25) is 0 Å². The molecule has 0 aliphatic heterocycles. The Morgan fingerprint density at radius 3 is 2.68 bits per heavy atom. The van der Waals surface area contributed by atoms with Crippen LogP contribution in [0, 0.1) is 18.3 Å². The van der Waals surface area contributed by atoms with Crippen LogP contribution in [-0.4, -0.2) is 4.98 Å². The summed E-state index contributed by atoms with van der Waals surface area (Å²) in [6.45, 7) is 2.04. The van der Waals surface area contributed by atoms with Crippen LogP contribution in [-0.2, 0) is 0 Å². The molecule has 0 unspecified atom stereocenters. The zero-order valence-corrected chi connectivity index (χ0v) is 15.6. The molecule has 0 saturated carbocycles. The largest absolute Gasteiger partial charge is 0.359 e. The Balaban J connectivity index is 1.85. The Labute approximate surface area is 160 Å². The van der Waals surface area contributed by atoms with E-state index in [4.69, 9.17) is 23.2 Å². The van der Waals surface area contributed by atoms with E-state index in [0.29, 0.717) is 26.3 Å². The number of nitrogens with zero attached hydrogens (tertiary/aromatic N) is 2. The fourth-order valence-corrected chi connectivity index (χ4v) is 3.29. The first kappa shape index (κ1) is 17.5. The molecule has 0 fully saturated rings. The molecule has 0 bridgehead atoms. The molecule has 6 heteroatoms. The van der Waals surface area contributed by atoms with Gasteiger partial charge in [-0.25, -0.2) is 4.98 Å². The maximum Gasteiger partial charge on any atom is 0.136 e. The number of allylic oxidation sites excluding steroid dienone is 1. The summed E-state index contributed by atoms with van der Waals surface area (Å²) in [4.78, 5) is 4.56. The zero-order valence-electron chi connectivity index (χ0n) is 13.3. The molecule has 3 rings (SSSR count). The van der Waals surface area contributed by atoms with Gasteiger partial charge in [-0.15, -0.1) is 11.3 Å². The molecule has 0 aliphatic carbocycles. The minimum atomic E-state index is 0.430. The second-order valence-corrected chi connectivity index (χ2v) is 7.04. The first-order valence-electron chi connectivity index (χ1n) is 7.41. The van der Waals surface area contributed by atoms with E-state index in [0.717, 1.165) is 11.3 Å². The van der Waals surface area contributed by atoms with E-state index in [1.165, 1.54) is 16.9 Å². The van der Waals surface area contributed by atoms with Gasteiger partial charge < -0.3 is 5.32 Å². The van der Waals surface area contributed by atoms with E-state index in [1.807, 2.05) is 36.6 Å². The van der Waals surface area contributed by atoms with Gasteiger partial charge in [0.25, 0.3) is 0 Å². The molecule has 3 nitrogen and oxygen atoms in total. The Kier molecular flexibility index (Phi) is 5.40. The number of thiazole rings is 1. The maximum atomic E-state index is 9.45. The third-order valence-corrected chi connectivity index (χ3v) is 4.94. The summed E-state index contributed by atoms with van der Waals surface area (Å²) in [5.74, 6) is 0. The number of anilines is 1. The lowest BCUT2D eigenvalue weighted by Crippen LogP contribution is -1.92. The van der Waals surface area contributed by atoms with Crippen molar-refractivity contribution in [3.8, 4) is 17.3 Å². The first-order chi connectivity index (χ1) is 12.1. The topological polar surface area (TPSA) is 48.7 Å². The van der Waals surface area contributed by atoms with Gasteiger partial charge >= 0.3 is 0 Å². The highest BCUT2D eigenvalue weighted by molar-refractivity contribution is 7.11. The van der Waals surface area contributed by atoms with Gasteiger partial charge in [0.05, 0.1) is 16.4 Å². The number of aromatic nitrogens is 1. The quantitative estimate of drug-likeness (QED) is 0.528. The number of halogens is 2. The van der Waals surface area contributed by atoms with Gasteiger partial charge in [0.15, 0.2) is 0 Å². The second kappa shape index (κ2) is 7.71. The molecule has 0 spiro atoms. The van der Waals surface area contributed by atoms with Gasteiger partial charge in [-0.05, 0) is 25.1 Å². The van der Waals surface area contributed by atoms with Crippen LogP contribution in [0.1, 0.15) is 10.6 Å². The fourth-order valence-electron chi connectivity index (χ4n) is 2.15. The van der Waals surface area contributed by atoms with Crippen LogP contribution < -0.4 is 5.32 Å². The summed E-state index contributed by atoms with van der Waals surface area (Å²) in [6, 6.07) is 15.4. The van der Waals surface area contributed by atoms with Gasteiger partial charge in [0.2, 0.25) is 0 Å². The molecule has 0 atom stereocenters. The third kappa shape index (κ3) is 4.21. The number of benzene rings is 2. The SMILES string of the molecule is Cc1ccc(-c2csc(/C(C#N)=C\Nc3cc(Cl)ccc3Cl)n2)cc1. The van der Waals surface area contributed by atoms with E-state index >= 15 is 0 Å². The van der Waals surface area contributed by atoms with Crippen molar-refractivity contribution >= 4 is 45.8 Å². The average molecular weight is 386 g/mol. The molecule has 2 aromatic carbocycles. The van der Waals surface area contributed by atoms with Crippen molar-refractivity contribution in [2.75, 3.05) is 5.32 Å². The van der Waals surface area contributed by atoms with Gasteiger partial charge in [-0.1, -0.05) is 53.0 Å². The number of nitrogens with one attached hydrogen (secondary N) is 1. The van der Waals surface area contributed by atoms with Gasteiger partial charge in [0, 0.05) is 22.2 Å². The number of nitriles is 1. The van der Waals surface area contributed by atoms with Crippen LogP contribution >= 0.6 is 34.5 Å². The molecule has 1 heterocycles. The molecule has 0 amide bonds. The van der Waals surface area contributed by atoms with E-state index in [2.05, 4.69) is 16.4 Å². The molecule has 0 aliphatic rings. The number of hydrogen-bond donors (Lipinski definition) is 1. The molecular formula is C19H13Cl2N3S. The number of aryl methyl sites for hydroxylation is 1. The van der Waals surface area contributed by atoms with Gasteiger partial charge in [-0.2, -0.15) is 5.26 Å². The van der Waals surface area contributed by atoms with E-state index in [1.54, 1.807) is 24.4 Å². The number of hydrogen-bond acceptors (Lipinski definition) is 4. The molecule has 1 aromatic heterocycles. The summed E-state index contributed by atoms with van der Waals surface area (Å²) in [5, 5.41) is 16.1. The normalized spacial score (nSPS) is 11.2. The maximum absolute atomic E-state index is 9.45. The summed E-state index contributed by atoms with van der Waals surface area (Å²) in [6.07, 6.45) is 1.59. The fraction of sp³-hybridized carbons (Fsp3) is 0.0526. The van der Waals surface area contributed by atoms with E-state index in [9.17, 15) is 5.26 Å². The lowest BCUT2D eigenvalue weighted by Gasteiger charge is -2.04. The summed E-state index contributed by atoms with van der Waals surface area (Å²) < 4.78 is 0. The van der Waals surface area contributed by atoms with Crippen LogP contribution in [0.5, 0.6) is 0 Å². The molecule has 124 valence electrons. The van der Waals surface area contributed by atoms with E-state index < -0.39 is 0 Å². The monoisotopic (exact) mass is 385 g/mol. The highest BCUT2D eigenvalue weighted by atomic mass is 35.5. The van der Waals surface area contributed by atoms with Crippen molar-refractivity contribution in [1.29, 1.82) is 5.26 Å². The van der Waals surface area contributed by atoms with Crippen molar-refractivity contribution in [3.05, 3.63) is 74.7 Å². The molecule has 0 saturated heterocycles. The summed E-state index contributed by atoms with van der Waals surface area (Å²) >= 11 is 13.5. The Morgan fingerprint density at radius 1 is 1.20 bits per heavy atom. The van der Waals surface area contributed by atoms with Crippen LogP contribution in [0.15, 0.2) is 54.0 Å². The lowest BCUT2D eigenvalue weighted by molar-refractivity contribution is 1.36. The molecule has 3 aromatic rings. The number of rotatable bonds is 4. The average Bonchev–Trinajstić information content (AvgIpc) is 3.09. The molecule has 0 radical (unpaired) electrons. The first-order valence-corrected chi connectivity index (χ1v) is 9.05. The minimum Gasteiger partial charge on any atom is -0.359 e. The Morgan fingerprint density at radius 2 is 1.96 bits per heavy atom. The van der Waals surface area contributed by atoms with Crippen LogP contribution in [0.2, 0.25) is 10.0 Å². The molecular weight excluding hydrogens is 373 g/mol. The van der Waals surface area contributed by atoms with Crippen molar-refractivity contribution in [1.82, 2.24) is 4.98 Å². The van der Waals surface area contributed by atoms with Crippen molar-refractivity contribution in [2.24, 2.45) is 0 Å². The highest BCUT2D eigenvalue weighted by Crippen LogP contribution is 2.28. The Bertz CT molecular complexity index is 969. The van der Waals surface area contributed by atoms with Crippen LogP contribution in [0.4, 0.5) is 5.69 Å². The van der Waals surface area contributed by atoms with Crippen molar-refractivity contribution in [3.63, 3.8) is 0 Å². The molecule has 1 N–H and O–H groups in total. The predicted octanol–water partition coefficient (Wildman–Crippen LogP) is 6.40. The zero-order chi connectivity index (χ0) is 17.8. The lowest BCUT2D eigenvalue weighted by atomic mass is 10.1. The Hall–Kier alpha value is -2.32. The van der Waals surface area contributed by atoms with Crippen LogP contribution in [0.25, 0.3) is 16.8 Å².